The van der Waals surface area contributed by atoms with E-state index in [0.717, 1.165) is 11.6 Å². The average Bonchev–Trinajstić information content (AvgIpc) is 2.71. The molecule has 2 aromatic carbocycles. The Kier molecular flexibility index (Phi) is 6.01. The van der Waals surface area contributed by atoms with E-state index in [1.807, 2.05) is 6.07 Å². The van der Waals surface area contributed by atoms with Gasteiger partial charge in [-0.1, -0.05) is 29.8 Å². The lowest BCUT2D eigenvalue weighted by molar-refractivity contribution is -0.137. The second kappa shape index (κ2) is 8.47. The third kappa shape index (κ3) is 5.02. The first-order valence-electron chi connectivity index (χ1n) is 8.46. The van der Waals surface area contributed by atoms with Crippen molar-refractivity contribution in [1.82, 2.24) is 9.97 Å². The molecule has 0 radical (unpaired) electrons. The normalized spacial score (nSPS) is 12.3. The van der Waals surface area contributed by atoms with Gasteiger partial charge in [0.15, 0.2) is 0 Å². The van der Waals surface area contributed by atoms with Gasteiger partial charge in [0.25, 0.3) is 0 Å². The summed E-state index contributed by atoms with van der Waals surface area (Å²) in [7, 11) is 0. The molecule has 0 saturated carbocycles. The zero-order chi connectivity index (χ0) is 21.0. The number of nitrogens with one attached hydrogen (secondary N) is 1. The summed E-state index contributed by atoms with van der Waals surface area (Å²) in [4.78, 5) is 8.20. The summed E-state index contributed by atoms with van der Waals surface area (Å²) >= 11 is 5.78. The van der Waals surface area contributed by atoms with Crippen molar-refractivity contribution in [1.29, 1.82) is 5.26 Å². The van der Waals surface area contributed by atoms with Crippen molar-refractivity contribution in [2.75, 3.05) is 11.9 Å². The highest BCUT2D eigenvalue weighted by Gasteiger charge is 2.33. The zero-order valence-electron chi connectivity index (χ0n) is 14.9. The van der Waals surface area contributed by atoms with Crippen LogP contribution in [-0.2, 0) is 6.18 Å². The van der Waals surface area contributed by atoms with Crippen molar-refractivity contribution in [3.63, 3.8) is 0 Å². The van der Waals surface area contributed by atoms with Gasteiger partial charge in [0.2, 0.25) is 0 Å². The van der Waals surface area contributed by atoms with Crippen LogP contribution in [0.25, 0.3) is 11.3 Å². The Morgan fingerprint density at radius 1 is 1.10 bits per heavy atom. The molecule has 0 aliphatic carbocycles. The van der Waals surface area contributed by atoms with Crippen LogP contribution >= 0.6 is 11.6 Å². The van der Waals surface area contributed by atoms with Gasteiger partial charge in [0.1, 0.15) is 12.1 Å². The molecule has 3 rings (SSSR count). The summed E-state index contributed by atoms with van der Waals surface area (Å²) in [5.74, 6) is 0.468. The van der Waals surface area contributed by atoms with Gasteiger partial charge in [-0.25, -0.2) is 9.97 Å². The standard InChI is InChI=1S/C20H15ClF3N5/c21-16-7-14(5-6-15(16)20(22,23)24)18-8-19(29-11-28-18)27-10-17(26)13-3-1-12(9-25)2-4-13/h1-8,11,17H,10,26H2,(H,27,28,29)/t17-/m1/s1. The van der Waals surface area contributed by atoms with Crippen molar-refractivity contribution < 1.29 is 13.2 Å². The summed E-state index contributed by atoms with van der Waals surface area (Å²) < 4.78 is 38.6. The molecule has 29 heavy (non-hydrogen) atoms. The molecule has 0 unspecified atom stereocenters. The molecule has 1 aromatic heterocycles. The third-order valence-electron chi connectivity index (χ3n) is 4.21. The van der Waals surface area contributed by atoms with Crippen LogP contribution in [0.5, 0.6) is 0 Å². The molecule has 148 valence electrons. The van der Waals surface area contributed by atoms with Crippen molar-refractivity contribution in [2.45, 2.75) is 12.2 Å². The number of benzene rings is 2. The molecule has 0 spiro atoms. The topological polar surface area (TPSA) is 87.6 Å². The summed E-state index contributed by atoms with van der Waals surface area (Å²) in [6.45, 7) is 0.357. The van der Waals surface area contributed by atoms with Gasteiger partial charge in [0.05, 0.1) is 27.9 Å². The first-order valence-corrected chi connectivity index (χ1v) is 8.84. The van der Waals surface area contributed by atoms with Crippen LogP contribution in [0.2, 0.25) is 5.02 Å². The first-order chi connectivity index (χ1) is 13.8. The van der Waals surface area contributed by atoms with Gasteiger partial charge in [-0.15, -0.1) is 0 Å². The van der Waals surface area contributed by atoms with E-state index in [4.69, 9.17) is 22.6 Å². The Bertz CT molecular complexity index is 1050. The average molecular weight is 418 g/mol. The maximum Gasteiger partial charge on any atom is 0.417 e. The van der Waals surface area contributed by atoms with Crippen LogP contribution in [0.3, 0.4) is 0 Å². The van der Waals surface area contributed by atoms with Gasteiger partial charge in [-0.05, 0) is 29.8 Å². The highest BCUT2D eigenvalue weighted by Crippen LogP contribution is 2.36. The SMILES string of the molecule is N#Cc1ccc([C@H](N)CNc2cc(-c3ccc(C(F)(F)F)c(Cl)c3)ncn2)cc1. The van der Waals surface area contributed by atoms with E-state index in [2.05, 4.69) is 15.3 Å². The van der Waals surface area contributed by atoms with Crippen LogP contribution in [0, 0.1) is 11.3 Å². The molecule has 3 aromatic rings. The number of rotatable bonds is 5. The number of nitrogens with two attached hydrogens (primary N) is 1. The van der Waals surface area contributed by atoms with Crippen LogP contribution in [0.15, 0.2) is 54.9 Å². The van der Waals surface area contributed by atoms with Crippen molar-refractivity contribution >= 4 is 17.4 Å². The maximum atomic E-state index is 12.9. The van der Waals surface area contributed by atoms with Crippen LogP contribution in [0.4, 0.5) is 19.0 Å². The summed E-state index contributed by atoms with van der Waals surface area (Å²) in [5, 5.41) is 11.5. The highest BCUT2D eigenvalue weighted by molar-refractivity contribution is 6.31. The predicted molar refractivity (Wildman–Crippen MR) is 104 cm³/mol. The van der Waals surface area contributed by atoms with E-state index in [9.17, 15) is 13.2 Å². The van der Waals surface area contributed by atoms with E-state index < -0.39 is 16.8 Å². The fourth-order valence-electron chi connectivity index (χ4n) is 2.65. The number of anilines is 1. The second-order valence-electron chi connectivity index (χ2n) is 6.20. The zero-order valence-corrected chi connectivity index (χ0v) is 15.7. The number of hydrogen-bond donors (Lipinski definition) is 2. The molecule has 5 nitrogen and oxygen atoms in total. The Labute approximate surface area is 170 Å². The Balaban J connectivity index is 1.72. The maximum absolute atomic E-state index is 12.9. The first kappa shape index (κ1) is 20.6. The monoisotopic (exact) mass is 417 g/mol. The fraction of sp³-hybridized carbons (Fsp3) is 0.150. The van der Waals surface area contributed by atoms with Crippen molar-refractivity contribution in [3.05, 3.63) is 76.6 Å². The third-order valence-corrected chi connectivity index (χ3v) is 4.52. The van der Waals surface area contributed by atoms with Gasteiger partial charge >= 0.3 is 6.18 Å². The molecule has 0 bridgehead atoms. The Morgan fingerprint density at radius 3 is 2.45 bits per heavy atom. The van der Waals surface area contributed by atoms with E-state index in [-0.39, 0.29) is 6.04 Å². The van der Waals surface area contributed by atoms with Crippen LogP contribution in [-0.4, -0.2) is 16.5 Å². The van der Waals surface area contributed by atoms with Crippen molar-refractivity contribution in [2.24, 2.45) is 5.73 Å². The Hall–Kier alpha value is -3.15. The lowest BCUT2D eigenvalue weighted by Crippen LogP contribution is -2.21. The minimum Gasteiger partial charge on any atom is -0.368 e. The Morgan fingerprint density at radius 2 is 1.83 bits per heavy atom. The molecular weight excluding hydrogens is 403 g/mol. The van der Waals surface area contributed by atoms with Gasteiger partial charge in [-0.2, -0.15) is 18.4 Å². The number of nitrogens with zero attached hydrogens (tertiary/aromatic N) is 3. The number of halogens is 4. The summed E-state index contributed by atoms with van der Waals surface area (Å²) in [5.41, 5.74) is 7.50. The second-order valence-corrected chi connectivity index (χ2v) is 6.61. The highest BCUT2D eigenvalue weighted by atomic mass is 35.5. The predicted octanol–water partition coefficient (Wildman–Crippen LogP) is 4.80. The van der Waals surface area contributed by atoms with Crippen molar-refractivity contribution in [3.8, 4) is 17.3 Å². The molecule has 9 heteroatoms. The lowest BCUT2D eigenvalue weighted by Gasteiger charge is -2.14. The molecular formula is C20H15ClF3N5. The van der Waals surface area contributed by atoms with E-state index in [1.54, 1.807) is 30.3 Å². The quantitative estimate of drug-likeness (QED) is 0.622. The molecule has 0 aliphatic rings. The summed E-state index contributed by atoms with van der Waals surface area (Å²) in [6, 6.07) is 13.7. The largest absolute Gasteiger partial charge is 0.417 e. The number of aromatic nitrogens is 2. The summed E-state index contributed by atoms with van der Waals surface area (Å²) in [6.07, 6.45) is -3.22. The van der Waals surface area contributed by atoms with Gasteiger partial charge < -0.3 is 11.1 Å². The number of hydrogen-bond acceptors (Lipinski definition) is 5. The molecule has 0 fully saturated rings. The van der Waals surface area contributed by atoms with E-state index >= 15 is 0 Å². The van der Waals surface area contributed by atoms with Gasteiger partial charge in [0, 0.05) is 24.2 Å². The van der Waals surface area contributed by atoms with E-state index in [1.165, 1.54) is 18.5 Å². The number of alkyl halides is 3. The van der Waals surface area contributed by atoms with Gasteiger partial charge in [-0.3, -0.25) is 0 Å². The lowest BCUT2D eigenvalue weighted by atomic mass is 10.1. The fourth-order valence-corrected chi connectivity index (χ4v) is 2.94. The molecule has 0 aliphatic heterocycles. The smallest absolute Gasteiger partial charge is 0.368 e. The van der Waals surface area contributed by atoms with Crippen LogP contribution < -0.4 is 11.1 Å². The molecule has 0 saturated heterocycles. The minimum atomic E-state index is -4.52. The van der Waals surface area contributed by atoms with Crippen LogP contribution in [0.1, 0.15) is 22.7 Å². The number of nitriles is 1. The molecule has 0 amide bonds. The molecule has 1 heterocycles. The molecule has 3 N–H and O–H groups in total. The van der Waals surface area contributed by atoms with E-state index in [0.29, 0.717) is 29.2 Å². The molecule has 1 atom stereocenters. The minimum absolute atomic E-state index is 0.346.